The van der Waals surface area contributed by atoms with Gasteiger partial charge in [0.2, 0.25) is 0 Å². The number of Topliss-reactive ketones (excluding diaryl/α,β-unsaturated/α-hetero) is 1. The van der Waals surface area contributed by atoms with E-state index in [4.69, 9.17) is 4.74 Å². The van der Waals surface area contributed by atoms with Crippen molar-refractivity contribution in [3.05, 3.63) is 12.2 Å². The van der Waals surface area contributed by atoms with Gasteiger partial charge in [0.05, 0.1) is 23.7 Å². The van der Waals surface area contributed by atoms with Gasteiger partial charge in [0.25, 0.3) is 0 Å². The largest absolute Gasteiger partial charge is 0.461 e. The van der Waals surface area contributed by atoms with E-state index >= 15 is 0 Å². The van der Waals surface area contributed by atoms with Crippen LogP contribution in [-0.2, 0) is 14.3 Å². The second-order valence-electron chi connectivity index (χ2n) is 9.88. The fourth-order valence-corrected chi connectivity index (χ4v) is 7.67. The minimum absolute atomic E-state index is 0.264. The Labute approximate surface area is 157 Å². The van der Waals surface area contributed by atoms with E-state index in [1.54, 1.807) is 0 Å². The van der Waals surface area contributed by atoms with Crippen molar-refractivity contribution in [2.75, 3.05) is 0 Å². The normalized spacial score (nSPS) is 57.9. The average Bonchev–Trinajstić information content (AvgIpc) is 2.94. The van der Waals surface area contributed by atoms with Gasteiger partial charge in [0.1, 0.15) is 17.6 Å². The standard InChI is InChI=1S/C20H26O7/c1-7-8-6-9-12-19(17(26)27-9)10(21)4-5-18(2,3)13(19)11(22)16(25)20(12,14(7)23)15(8)24/h8-15,21-24H,1,4-6H2,2-3H3/t8-,9+,10-,11-,12-,13+,14+,15+,19+,20-/m1/s1. The molecule has 7 nitrogen and oxygen atoms in total. The van der Waals surface area contributed by atoms with Crippen LogP contribution in [0.5, 0.6) is 0 Å². The zero-order valence-corrected chi connectivity index (χ0v) is 15.5. The van der Waals surface area contributed by atoms with Gasteiger partial charge in [-0.1, -0.05) is 20.4 Å². The third kappa shape index (κ3) is 1.55. The monoisotopic (exact) mass is 378 g/mol. The number of esters is 1. The van der Waals surface area contributed by atoms with Crippen LogP contribution in [0.3, 0.4) is 0 Å². The average molecular weight is 378 g/mol. The van der Waals surface area contributed by atoms with Crippen LogP contribution < -0.4 is 0 Å². The molecular weight excluding hydrogens is 352 g/mol. The van der Waals surface area contributed by atoms with E-state index < -0.39 is 76.3 Å². The predicted octanol–water partition coefficient (Wildman–Crippen LogP) is -0.447. The molecule has 0 aromatic rings. The van der Waals surface area contributed by atoms with Crippen molar-refractivity contribution in [3.8, 4) is 0 Å². The van der Waals surface area contributed by atoms with Gasteiger partial charge in [0, 0.05) is 17.8 Å². The number of carbonyl (C=O) groups is 2. The Hall–Kier alpha value is -1.28. The van der Waals surface area contributed by atoms with Crippen LogP contribution in [-0.4, -0.2) is 62.7 Å². The number of aliphatic hydroxyl groups excluding tert-OH is 4. The smallest absolute Gasteiger partial charge is 0.315 e. The van der Waals surface area contributed by atoms with Gasteiger partial charge >= 0.3 is 5.97 Å². The molecule has 0 aromatic carbocycles. The maximum Gasteiger partial charge on any atom is 0.315 e. The molecule has 4 aliphatic carbocycles. The zero-order chi connectivity index (χ0) is 19.7. The quantitative estimate of drug-likeness (QED) is 0.332. The Kier molecular flexibility index (Phi) is 3.18. The molecule has 5 fully saturated rings. The summed E-state index contributed by atoms with van der Waals surface area (Å²) >= 11 is 0. The summed E-state index contributed by atoms with van der Waals surface area (Å²) in [5.41, 5.74) is -3.53. The first-order valence-electron chi connectivity index (χ1n) is 9.70. The van der Waals surface area contributed by atoms with E-state index in [0.717, 1.165) is 0 Å². The van der Waals surface area contributed by atoms with Crippen molar-refractivity contribution in [2.24, 2.45) is 34.0 Å². The molecule has 1 saturated heterocycles. The molecule has 1 aliphatic heterocycles. The van der Waals surface area contributed by atoms with Crippen molar-refractivity contribution in [2.45, 2.75) is 63.6 Å². The second-order valence-corrected chi connectivity index (χ2v) is 9.88. The predicted molar refractivity (Wildman–Crippen MR) is 91.0 cm³/mol. The molecule has 0 aromatic heterocycles. The molecule has 10 atom stereocenters. The van der Waals surface area contributed by atoms with E-state index in [0.29, 0.717) is 18.4 Å². The van der Waals surface area contributed by atoms with E-state index in [2.05, 4.69) is 6.58 Å². The first-order chi connectivity index (χ1) is 12.5. The molecule has 5 aliphatic rings. The molecule has 0 unspecified atom stereocenters. The molecule has 27 heavy (non-hydrogen) atoms. The number of ketones is 1. The van der Waals surface area contributed by atoms with Gasteiger partial charge in [-0.2, -0.15) is 0 Å². The molecule has 1 heterocycles. The molecular formula is C20H26O7. The summed E-state index contributed by atoms with van der Waals surface area (Å²) < 4.78 is 5.69. The summed E-state index contributed by atoms with van der Waals surface area (Å²) in [5, 5.41) is 44.3. The number of aliphatic hydroxyl groups is 4. The summed E-state index contributed by atoms with van der Waals surface area (Å²) in [5.74, 6) is -3.56. The molecule has 5 rings (SSSR count). The highest BCUT2D eigenvalue weighted by Crippen LogP contribution is 2.73. The van der Waals surface area contributed by atoms with Gasteiger partial charge in [-0.15, -0.1) is 0 Å². The Morgan fingerprint density at radius 1 is 1.07 bits per heavy atom. The summed E-state index contributed by atoms with van der Waals surface area (Å²) in [6, 6.07) is 0. The molecule has 0 amide bonds. The van der Waals surface area contributed by atoms with Gasteiger partial charge in [-0.05, 0) is 30.3 Å². The maximum atomic E-state index is 13.5. The topological polar surface area (TPSA) is 124 Å². The lowest BCUT2D eigenvalue weighted by atomic mass is 9.38. The van der Waals surface area contributed by atoms with Crippen LogP contribution in [0.25, 0.3) is 0 Å². The van der Waals surface area contributed by atoms with Crippen molar-refractivity contribution in [1.82, 2.24) is 0 Å². The van der Waals surface area contributed by atoms with E-state index in [1.165, 1.54) is 0 Å². The fraction of sp³-hybridized carbons (Fsp3) is 0.800. The van der Waals surface area contributed by atoms with Crippen LogP contribution in [0, 0.1) is 34.0 Å². The van der Waals surface area contributed by atoms with Crippen LogP contribution in [0.4, 0.5) is 0 Å². The molecule has 148 valence electrons. The minimum Gasteiger partial charge on any atom is -0.461 e. The highest BCUT2D eigenvalue weighted by atomic mass is 16.6. The van der Waals surface area contributed by atoms with Crippen molar-refractivity contribution < 1.29 is 34.8 Å². The number of hydrogen-bond donors (Lipinski definition) is 4. The SMILES string of the molecule is C=C1[C@H]2C[C@@H]3OC(=O)[C@@]45[C@@H]3[C@@](C(=O)[C@H](O)[C@H]4C(C)(C)CC[C@H]5O)([C@H]1O)[C@H]2O. The molecule has 2 bridgehead atoms. The van der Waals surface area contributed by atoms with Crippen LogP contribution in [0.15, 0.2) is 12.2 Å². The summed E-state index contributed by atoms with van der Waals surface area (Å²) in [6.07, 6.45) is -4.87. The summed E-state index contributed by atoms with van der Waals surface area (Å²) in [6.45, 7) is 7.64. The van der Waals surface area contributed by atoms with E-state index in [-0.39, 0.29) is 6.42 Å². The molecule has 7 heteroatoms. The van der Waals surface area contributed by atoms with Gasteiger partial charge < -0.3 is 25.2 Å². The molecule has 4 saturated carbocycles. The lowest BCUT2D eigenvalue weighted by molar-refractivity contribution is -0.241. The van der Waals surface area contributed by atoms with Crippen molar-refractivity contribution >= 4 is 11.8 Å². The molecule has 0 radical (unpaired) electrons. The van der Waals surface area contributed by atoms with E-state index in [9.17, 15) is 30.0 Å². The number of ether oxygens (including phenoxy) is 1. The van der Waals surface area contributed by atoms with Crippen LogP contribution in [0.1, 0.15) is 33.1 Å². The van der Waals surface area contributed by atoms with Gasteiger partial charge in [-0.25, -0.2) is 0 Å². The summed E-state index contributed by atoms with van der Waals surface area (Å²) in [7, 11) is 0. The van der Waals surface area contributed by atoms with Gasteiger partial charge in [-0.3, -0.25) is 9.59 Å². The first-order valence-corrected chi connectivity index (χ1v) is 9.70. The lowest BCUT2D eigenvalue weighted by Crippen LogP contribution is -2.75. The maximum absolute atomic E-state index is 13.5. The Morgan fingerprint density at radius 2 is 1.74 bits per heavy atom. The first kappa shape index (κ1) is 17.8. The van der Waals surface area contributed by atoms with Crippen molar-refractivity contribution in [3.63, 3.8) is 0 Å². The van der Waals surface area contributed by atoms with Crippen LogP contribution >= 0.6 is 0 Å². The van der Waals surface area contributed by atoms with Gasteiger partial charge in [0.15, 0.2) is 5.78 Å². The highest BCUT2D eigenvalue weighted by molar-refractivity contribution is 5.98. The molecule has 4 N–H and O–H groups in total. The van der Waals surface area contributed by atoms with Crippen molar-refractivity contribution in [1.29, 1.82) is 0 Å². The summed E-state index contributed by atoms with van der Waals surface area (Å²) in [4.78, 5) is 26.8. The molecule has 2 spiro atoms. The minimum atomic E-state index is -1.76. The second kappa shape index (κ2) is 4.82. The number of carbonyl (C=O) groups excluding carboxylic acids is 2. The highest BCUT2D eigenvalue weighted by Gasteiger charge is 2.85. The van der Waals surface area contributed by atoms with E-state index in [1.807, 2.05) is 13.8 Å². The third-order valence-electron chi connectivity index (χ3n) is 8.63. The van der Waals surface area contributed by atoms with Crippen LogP contribution in [0.2, 0.25) is 0 Å². The number of fused-ring (bicyclic) bond motifs is 1. The Balaban J connectivity index is 1.84. The Morgan fingerprint density at radius 3 is 2.41 bits per heavy atom. The Bertz CT molecular complexity index is 774. The fourth-order valence-electron chi connectivity index (χ4n) is 7.67. The number of rotatable bonds is 0. The number of hydrogen-bond acceptors (Lipinski definition) is 7. The lowest BCUT2D eigenvalue weighted by Gasteiger charge is -2.63. The third-order valence-corrected chi connectivity index (χ3v) is 8.63. The zero-order valence-electron chi connectivity index (χ0n) is 15.5.